The second-order valence-electron chi connectivity index (χ2n) is 5.72. The quantitative estimate of drug-likeness (QED) is 0.782. The van der Waals surface area contributed by atoms with Crippen molar-refractivity contribution in [3.05, 3.63) is 23.5 Å². The molecule has 1 aliphatic rings. The van der Waals surface area contributed by atoms with E-state index in [0.717, 1.165) is 4.96 Å². The fourth-order valence-corrected chi connectivity index (χ4v) is 3.39. The van der Waals surface area contributed by atoms with Crippen molar-refractivity contribution in [1.82, 2.24) is 14.3 Å². The van der Waals surface area contributed by atoms with Crippen molar-refractivity contribution in [2.45, 2.75) is 32.5 Å². The highest BCUT2D eigenvalue weighted by Crippen LogP contribution is 2.13. The van der Waals surface area contributed by atoms with E-state index in [0.29, 0.717) is 18.8 Å². The smallest absolute Gasteiger partial charge is 0.312 e. The lowest BCUT2D eigenvalue weighted by Crippen LogP contribution is -2.49. The minimum Gasteiger partial charge on any atom is -0.455 e. The molecule has 3 rings (SSSR count). The van der Waals surface area contributed by atoms with E-state index in [-0.39, 0.29) is 31.1 Å². The number of hydrogen-bond donors (Lipinski definition) is 0. The molecule has 2 atom stereocenters. The molecular formula is C15H19N3O4S. The first kappa shape index (κ1) is 15.9. The van der Waals surface area contributed by atoms with Crippen LogP contribution in [0.15, 0.2) is 17.8 Å². The molecule has 0 bridgehead atoms. The molecule has 2 aromatic heterocycles. The summed E-state index contributed by atoms with van der Waals surface area (Å²) >= 11 is 1.50. The Morgan fingerprint density at radius 2 is 2.13 bits per heavy atom. The Kier molecular flexibility index (Phi) is 4.63. The summed E-state index contributed by atoms with van der Waals surface area (Å²) in [6.07, 6.45) is 3.73. The van der Waals surface area contributed by atoms with Gasteiger partial charge in [-0.05, 0) is 13.8 Å². The van der Waals surface area contributed by atoms with Gasteiger partial charge in [-0.2, -0.15) is 0 Å². The van der Waals surface area contributed by atoms with Gasteiger partial charge in [0.1, 0.15) is 0 Å². The SMILES string of the molecule is C[C@@H]1CN(C(=O)COC(=O)Cc2cn3ccsc3n2)C[C@@H](C)O1. The number of rotatable bonds is 4. The normalized spacial score (nSPS) is 21.6. The van der Waals surface area contributed by atoms with E-state index in [1.165, 1.54) is 11.3 Å². The van der Waals surface area contributed by atoms with Crippen molar-refractivity contribution >= 4 is 28.2 Å². The van der Waals surface area contributed by atoms with Gasteiger partial charge in [-0.1, -0.05) is 0 Å². The van der Waals surface area contributed by atoms with Crippen LogP contribution >= 0.6 is 11.3 Å². The van der Waals surface area contributed by atoms with E-state index in [9.17, 15) is 9.59 Å². The molecule has 0 unspecified atom stereocenters. The largest absolute Gasteiger partial charge is 0.455 e. The van der Waals surface area contributed by atoms with E-state index >= 15 is 0 Å². The van der Waals surface area contributed by atoms with E-state index in [4.69, 9.17) is 9.47 Å². The van der Waals surface area contributed by atoms with E-state index in [1.807, 2.05) is 29.8 Å². The highest BCUT2D eigenvalue weighted by Gasteiger charge is 2.26. The second kappa shape index (κ2) is 6.67. The molecule has 124 valence electrons. The van der Waals surface area contributed by atoms with Gasteiger partial charge in [-0.15, -0.1) is 11.3 Å². The number of carbonyl (C=O) groups excluding carboxylic acids is 2. The maximum Gasteiger partial charge on any atom is 0.312 e. The zero-order valence-electron chi connectivity index (χ0n) is 13.1. The summed E-state index contributed by atoms with van der Waals surface area (Å²) in [5.74, 6) is -0.635. The third-order valence-corrected chi connectivity index (χ3v) is 4.37. The van der Waals surface area contributed by atoms with Crippen molar-refractivity contribution < 1.29 is 19.1 Å². The maximum absolute atomic E-state index is 12.1. The predicted octanol–water partition coefficient (Wildman–Crippen LogP) is 1.12. The molecule has 0 aliphatic carbocycles. The summed E-state index contributed by atoms with van der Waals surface area (Å²) in [5.41, 5.74) is 0.642. The minimum atomic E-state index is -0.446. The first-order chi connectivity index (χ1) is 11.0. The van der Waals surface area contributed by atoms with Crippen LogP contribution in [0.25, 0.3) is 4.96 Å². The molecular weight excluding hydrogens is 318 g/mol. The molecule has 23 heavy (non-hydrogen) atoms. The third-order valence-electron chi connectivity index (χ3n) is 3.60. The fraction of sp³-hybridized carbons (Fsp3) is 0.533. The van der Waals surface area contributed by atoms with Gasteiger partial charge in [-0.3, -0.25) is 14.0 Å². The standard InChI is InChI=1S/C15H19N3O4S/c1-10-6-18(7-11(2)22-10)13(19)9-21-14(20)5-12-8-17-3-4-23-15(17)16-12/h3-4,8,10-11H,5-7,9H2,1-2H3/t10-,11-/m1/s1. The molecule has 0 saturated carbocycles. The molecule has 0 N–H and O–H groups in total. The molecule has 1 fully saturated rings. The molecule has 1 aliphatic heterocycles. The van der Waals surface area contributed by atoms with Crippen LogP contribution in [-0.2, 0) is 25.5 Å². The molecule has 1 saturated heterocycles. The van der Waals surface area contributed by atoms with Crippen LogP contribution in [0, 0.1) is 0 Å². The fourth-order valence-electron chi connectivity index (χ4n) is 2.68. The second-order valence-corrected chi connectivity index (χ2v) is 6.59. The van der Waals surface area contributed by atoms with Crippen LogP contribution in [0.3, 0.4) is 0 Å². The highest BCUT2D eigenvalue weighted by atomic mass is 32.1. The van der Waals surface area contributed by atoms with Crippen molar-refractivity contribution in [3.63, 3.8) is 0 Å². The highest BCUT2D eigenvalue weighted by molar-refractivity contribution is 7.15. The molecule has 1 amide bonds. The van der Waals surface area contributed by atoms with Crippen LogP contribution in [0.5, 0.6) is 0 Å². The summed E-state index contributed by atoms with van der Waals surface area (Å²) < 4.78 is 12.5. The Bertz CT molecular complexity index is 672. The van der Waals surface area contributed by atoms with Gasteiger partial charge in [-0.25, -0.2) is 4.98 Å². The Morgan fingerprint density at radius 1 is 1.39 bits per heavy atom. The number of esters is 1. The molecule has 3 heterocycles. The van der Waals surface area contributed by atoms with Gasteiger partial charge in [0, 0.05) is 30.9 Å². The van der Waals surface area contributed by atoms with E-state index in [2.05, 4.69) is 4.98 Å². The number of morpholine rings is 1. The summed E-state index contributed by atoms with van der Waals surface area (Å²) in [7, 11) is 0. The first-order valence-corrected chi connectivity index (χ1v) is 8.39. The number of fused-ring (bicyclic) bond motifs is 1. The Morgan fingerprint density at radius 3 is 2.83 bits per heavy atom. The number of ether oxygens (including phenoxy) is 2. The number of carbonyl (C=O) groups is 2. The van der Waals surface area contributed by atoms with Crippen molar-refractivity contribution in [3.8, 4) is 0 Å². The lowest BCUT2D eigenvalue weighted by Gasteiger charge is -2.35. The van der Waals surface area contributed by atoms with Crippen molar-refractivity contribution in [2.24, 2.45) is 0 Å². The van der Waals surface area contributed by atoms with Gasteiger partial charge in [0.05, 0.1) is 24.3 Å². The van der Waals surface area contributed by atoms with E-state index < -0.39 is 5.97 Å². The van der Waals surface area contributed by atoms with Crippen LogP contribution in [0.4, 0.5) is 0 Å². The van der Waals surface area contributed by atoms with Crippen LogP contribution < -0.4 is 0 Å². The van der Waals surface area contributed by atoms with Crippen molar-refractivity contribution in [1.29, 1.82) is 0 Å². The zero-order chi connectivity index (χ0) is 16.4. The monoisotopic (exact) mass is 337 g/mol. The van der Waals surface area contributed by atoms with Crippen molar-refractivity contribution in [2.75, 3.05) is 19.7 Å². The van der Waals surface area contributed by atoms with Crippen LogP contribution in [0.2, 0.25) is 0 Å². The van der Waals surface area contributed by atoms with Gasteiger partial charge >= 0.3 is 5.97 Å². The minimum absolute atomic E-state index is 0.00288. The average Bonchev–Trinajstić information content (AvgIpc) is 3.04. The zero-order valence-corrected chi connectivity index (χ0v) is 13.9. The number of aromatic nitrogens is 2. The molecule has 0 spiro atoms. The predicted molar refractivity (Wildman–Crippen MR) is 84.3 cm³/mol. The Labute approximate surface area is 137 Å². The molecule has 0 radical (unpaired) electrons. The first-order valence-electron chi connectivity index (χ1n) is 7.51. The molecule has 7 nitrogen and oxygen atoms in total. The lowest BCUT2D eigenvalue weighted by atomic mass is 10.2. The Hall–Kier alpha value is -1.93. The summed E-state index contributed by atoms with van der Waals surface area (Å²) in [6, 6.07) is 0. The van der Waals surface area contributed by atoms with Crippen LogP contribution in [-0.4, -0.2) is 58.1 Å². The molecule has 2 aromatic rings. The lowest BCUT2D eigenvalue weighted by molar-refractivity contribution is -0.156. The summed E-state index contributed by atoms with van der Waals surface area (Å²) in [4.78, 5) is 30.8. The summed E-state index contributed by atoms with van der Waals surface area (Å²) in [6.45, 7) is 4.66. The third kappa shape index (κ3) is 3.89. The van der Waals surface area contributed by atoms with Gasteiger partial charge in [0.2, 0.25) is 0 Å². The number of amides is 1. The number of hydrogen-bond acceptors (Lipinski definition) is 6. The van der Waals surface area contributed by atoms with Gasteiger partial charge < -0.3 is 14.4 Å². The number of thiazole rings is 1. The number of nitrogens with zero attached hydrogens (tertiary/aromatic N) is 3. The number of imidazole rings is 1. The van der Waals surface area contributed by atoms with E-state index in [1.54, 1.807) is 11.1 Å². The van der Waals surface area contributed by atoms with Crippen LogP contribution in [0.1, 0.15) is 19.5 Å². The maximum atomic E-state index is 12.1. The topological polar surface area (TPSA) is 73.1 Å². The molecule has 8 heteroatoms. The Balaban J connectivity index is 1.48. The summed E-state index contributed by atoms with van der Waals surface area (Å²) in [5, 5.41) is 1.92. The van der Waals surface area contributed by atoms with Gasteiger partial charge in [0.25, 0.3) is 5.91 Å². The van der Waals surface area contributed by atoms with Gasteiger partial charge in [0.15, 0.2) is 11.6 Å². The molecule has 0 aromatic carbocycles. The average molecular weight is 337 g/mol.